The molecule has 0 spiro atoms. The van der Waals surface area contributed by atoms with Gasteiger partial charge in [-0.1, -0.05) is 31.2 Å². The van der Waals surface area contributed by atoms with Gasteiger partial charge in [-0.2, -0.15) is 0 Å². The molecule has 1 aromatic carbocycles. The van der Waals surface area contributed by atoms with Gasteiger partial charge in [0.05, 0.1) is 17.6 Å². The molecule has 202 valence electrons. The van der Waals surface area contributed by atoms with E-state index >= 15 is 0 Å². The summed E-state index contributed by atoms with van der Waals surface area (Å²) in [6.45, 7) is 8.01. The average Bonchev–Trinajstić information content (AvgIpc) is 3.58. The van der Waals surface area contributed by atoms with E-state index < -0.39 is 15.8 Å². The second kappa shape index (κ2) is 11.7. The molecule has 1 unspecified atom stereocenters. The van der Waals surface area contributed by atoms with Crippen LogP contribution < -0.4 is 14.9 Å². The number of likely N-dealkylation sites (tertiary alicyclic amines) is 1. The number of aromatic nitrogens is 2. The Kier molecular flexibility index (Phi) is 8.41. The number of aromatic amines is 1. The largest absolute Gasteiger partial charge is 0.374 e. The molecule has 0 aliphatic carbocycles. The molecule has 2 aromatic heterocycles. The fourth-order valence-corrected chi connectivity index (χ4v) is 5.74. The molecule has 3 heterocycles. The third-order valence-corrected chi connectivity index (χ3v) is 8.03. The zero-order valence-corrected chi connectivity index (χ0v) is 22.9. The van der Waals surface area contributed by atoms with E-state index in [2.05, 4.69) is 55.5 Å². The lowest BCUT2D eigenvalue weighted by molar-refractivity contribution is 0.480. The standard InChI is InChI=1S/C28H35FN6O2S/c1-5-20(2)16-26(25-12-14-31-28(25)30-3)35-15-13-24(18-35)34(4)27-11-10-23(17-32-27)33-38(36,37)19-21-6-8-22(29)9-7-21/h6-12,14,16-17,24,30-31,33H,2,5,13,15,18-19H2,1,3-4H3/b26-16+. The number of pyridine rings is 1. The number of likely N-dealkylation sites (N-methyl/N-ethyl adjacent to an activating group) is 1. The summed E-state index contributed by atoms with van der Waals surface area (Å²) in [7, 11) is 0.256. The second-order valence-corrected chi connectivity index (χ2v) is 11.2. The molecular formula is C28H35FN6O2S. The summed E-state index contributed by atoms with van der Waals surface area (Å²) in [5, 5.41) is 3.23. The third-order valence-electron chi connectivity index (χ3n) is 6.77. The van der Waals surface area contributed by atoms with Crippen molar-refractivity contribution in [3.05, 3.63) is 90.0 Å². The van der Waals surface area contributed by atoms with Crippen LogP contribution in [0.15, 0.2) is 73.1 Å². The van der Waals surface area contributed by atoms with Crippen molar-refractivity contribution in [3.8, 4) is 0 Å². The molecule has 1 aliphatic rings. The molecule has 1 fully saturated rings. The predicted molar refractivity (Wildman–Crippen MR) is 153 cm³/mol. The van der Waals surface area contributed by atoms with Gasteiger partial charge in [0.25, 0.3) is 0 Å². The number of hydrogen-bond acceptors (Lipinski definition) is 6. The number of nitrogens with zero attached hydrogens (tertiary/aromatic N) is 3. The number of nitrogens with one attached hydrogen (secondary N) is 3. The lowest BCUT2D eigenvalue weighted by Gasteiger charge is -2.28. The van der Waals surface area contributed by atoms with Crippen molar-refractivity contribution >= 4 is 33.0 Å². The van der Waals surface area contributed by atoms with Crippen molar-refractivity contribution in [1.82, 2.24) is 14.9 Å². The van der Waals surface area contributed by atoms with E-state index in [4.69, 9.17) is 0 Å². The highest BCUT2D eigenvalue weighted by Crippen LogP contribution is 2.32. The van der Waals surface area contributed by atoms with Crippen LogP contribution in [0.5, 0.6) is 0 Å². The maximum atomic E-state index is 13.1. The van der Waals surface area contributed by atoms with E-state index in [-0.39, 0.29) is 11.8 Å². The molecule has 3 aromatic rings. The van der Waals surface area contributed by atoms with Crippen molar-refractivity contribution in [3.63, 3.8) is 0 Å². The van der Waals surface area contributed by atoms with Crippen LogP contribution in [-0.4, -0.2) is 56.5 Å². The monoisotopic (exact) mass is 538 g/mol. The highest BCUT2D eigenvalue weighted by molar-refractivity contribution is 7.91. The molecule has 10 heteroatoms. The van der Waals surface area contributed by atoms with Crippen LogP contribution in [-0.2, 0) is 15.8 Å². The lowest BCUT2D eigenvalue weighted by Crippen LogP contribution is -2.34. The molecule has 3 N–H and O–H groups in total. The zero-order valence-electron chi connectivity index (χ0n) is 22.0. The number of H-pyrrole nitrogens is 1. The van der Waals surface area contributed by atoms with Crippen molar-refractivity contribution in [2.45, 2.75) is 31.6 Å². The average molecular weight is 539 g/mol. The number of halogens is 1. The van der Waals surface area contributed by atoms with E-state index in [1.54, 1.807) is 6.07 Å². The minimum absolute atomic E-state index is 0.235. The van der Waals surface area contributed by atoms with Gasteiger partial charge in [-0.3, -0.25) is 4.72 Å². The highest BCUT2D eigenvalue weighted by atomic mass is 32.2. The molecule has 4 rings (SSSR count). The number of sulfonamides is 1. The zero-order chi connectivity index (χ0) is 27.3. The molecule has 0 amide bonds. The number of benzene rings is 1. The quantitative estimate of drug-likeness (QED) is 0.296. The summed E-state index contributed by atoms with van der Waals surface area (Å²) < 4.78 is 40.8. The van der Waals surface area contributed by atoms with E-state index in [0.29, 0.717) is 11.3 Å². The number of rotatable bonds is 11. The SMILES string of the molecule is C=C(/C=C(\c1cc[nH]c1NC)N1CCC(N(C)c2ccc(NS(=O)(=O)Cc3ccc(F)cc3)cn2)C1)CC. The summed E-state index contributed by atoms with van der Waals surface area (Å²) in [4.78, 5) is 12.3. The van der Waals surface area contributed by atoms with Gasteiger partial charge in [-0.15, -0.1) is 0 Å². The van der Waals surface area contributed by atoms with Gasteiger partial charge < -0.3 is 20.1 Å². The Balaban J connectivity index is 1.42. The molecule has 38 heavy (non-hydrogen) atoms. The summed E-state index contributed by atoms with van der Waals surface area (Å²) in [5.74, 6) is 1.08. The second-order valence-electron chi connectivity index (χ2n) is 9.45. The number of anilines is 3. The van der Waals surface area contributed by atoms with Gasteiger partial charge in [0.2, 0.25) is 10.0 Å². The number of hydrogen-bond donors (Lipinski definition) is 3. The first-order valence-corrected chi connectivity index (χ1v) is 14.3. The van der Waals surface area contributed by atoms with Crippen molar-refractivity contribution in [2.75, 3.05) is 42.1 Å². The van der Waals surface area contributed by atoms with Gasteiger partial charge >= 0.3 is 0 Å². The Morgan fingerprint density at radius 2 is 2.03 bits per heavy atom. The predicted octanol–water partition coefficient (Wildman–Crippen LogP) is 5.05. The fourth-order valence-electron chi connectivity index (χ4n) is 4.56. The van der Waals surface area contributed by atoms with Crippen LogP contribution >= 0.6 is 0 Å². The summed E-state index contributed by atoms with van der Waals surface area (Å²) in [6.07, 6.45) is 7.46. The molecule has 0 radical (unpaired) electrons. The number of allylic oxidation sites excluding steroid dienone is 2. The van der Waals surface area contributed by atoms with E-state index in [1.165, 1.54) is 30.5 Å². The normalized spacial score (nSPS) is 15.9. The molecule has 1 aliphatic heterocycles. The molecule has 0 saturated carbocycles. The van der Waals surface area contributed by atoms with Crippen LogP contribution in [0.2, 0.25) is 0 Å². The first-order chi connectivity index (χ1) is 18.2. The van der Waals surface area contributed by atoms with Crippen molar-refractivity contribution in [2.24, 2.45) is 0 Å². The first-order valence-electron chi connectivity index (χ1n) is 12.6. The first kappa shape index (κ1) is 27.3. The molecule has 0 bridgehead atoms. The topological polar surface area (TPSA) is 93.4 Å². The molecule has 1 atom stereocenters. The highest BCUT2D eigenvalue weighted by Gasteiger charge is 2.29. The van der Waals surface area contributed by atoms with Crippen LogP contribution in [0.1, 0.15) is 30.9 Å². The van der Waals surface area contributed by atoms with Gasteiger partial charge in [-0.05, 0) is 54.8 Å². The van der Waals surface area contributed by atoms with Gasteiger partial charge in [-0.25, -0.2) is 17.8 Å². The maximum Gasteiger partial charge on any atom is 0.236 e. The Morgan fingerprint density at radius 3 is 2.68 bits per heavy atom. The van der Waals surface area contributed by atoms with Crippen molar-refractivity contribution in [1.29, 1.82) is 0 Å². The Bertz CT molecular complexity index is 1380. The van der Waals surface area contributed by atoms with Crippen LogP contribution in [0.25, 0.3) is 5.70 Å². The molecular weight excluding hydrogens is 503 g/mol. The van der Waals surface area contributed by atoms with E-state index in [0.717, 1.165) is 54.4 Å². The van der Waals surface area contributed by atoms with E-state index in [9.17, 15) is 12.8 Å². The Morgan fingerprint density at radius 1 is 1.26 bits per heavy atom. The molecule has 1 saturated heterocycles. The summed E-state index contributed by atoms with van der Waals surface area (Å²) >= 11 is 0. The smallest absolute Gasteiger partial charge is 0.236 e. The molecule has 8 nitrogen and oxygen atoms in total. The lowest BCUT2D eigenvalue weighted by atomic mass is 10.1. The Labute approximate surface area is 224 Å². The van der Waals surface area contributed by atoms with Gasteiger partial charge in [0.1, 0.15) is 17.5 Å². The summed E-state index contributed by atoms with van der Waals surface area (Å²) in [5.41, 5.74) is 4.20. The minimum atomic E-state index is -3.66. The third kappa shape index (κ3) is 6.55. The van der Waals surface area contributed by atoms with Crippen molar-refractivity contribution < 1.29 is 12.8 Å². The van der Waals surface area contributed by atoms with Gasteiger partial charge in [0, 0.05) is 50.7 Å². The summed E-state index contributed by atoms with van der Waals surface area (Å²) in [6, 6.07) is 11.3. The van der Waals surface area contributed by atoms with Crippen LogP contribution in [0.4, 0.5) is 21.7 Å². The maximum absolute atomic E-state index is 13.1. The fraction of sp³-hybridized carbons (Fsp3) is 0.321. The van der Waals surface area contributed by atoms with Gasteiger partial charge in [0.15, 0.2) is 0 Å². The van der Waals surface area contributed by atoms with Crippen LogP contribution in [0, 0.1) is 5.82 Å². The van der Waals surface area contributed by atoms with Crippen LogP contribution in [0.3, 0.4) is 0 Å². The van der Waals surface area contributed by atoms with E-state index in [1.807, 2.05) is 26.4 Å². The Hall–Kier alpha value is -3.79. The minimum Gasteiger partial charge on any atom is -0.374 e.